The lowest BCUT2D eigenvalue weighted by molar-refractivity contribution is 0.122. The summed E-state index contributed by atoms with van der Waals surface area (Å²) in [4.78, 5) is 21.4. The number of nitrogens with zero attached hydrogens (tertiary/aromatic N) is 5. The summed E-state index contributed by atoms with van der Waals surface area (Å²) in [6.45, 7) is 2.81. The molecule has 2 aromatic rings. The van der Waals surface area contributed by atoms with E-state index in [2.05, 4.69) is 30.2 Å². The van der Waals surface area contributed by atoms with Crippen LogP contribution in [0.2, 0.25) is 0 Å². The molecule has 4 N–H and O–H groups in total. The van der Waals surface area contributed by atoms with Crippen LogP contribution in [0.5, 0.6) is 0 Å². The number of nitrogen functional groups attached to an aromatic ring is 1. The van der Waals surface area contributed by atoms with Crippen molar-refractivity contribution in [1.29, 1.82) is 0 Å². The number of imidazole rings is 1. The number of hydrogen-bond acceptors (Lipinski definition) is 8. The van der Waals surface area contributed by atoms with Crippen molar-refractivity contribution < 1.29 is 4.74 Å². The lowest BCUT2D eigenvalue weighted by Gasteiger charge is -2.26. The minimum Gasteiger partial charge on any atom is -0.378 e. The van der Waals surface area contributed by atoms with Gasteiger partial charge in [-0.05, 0) is 0 Å². The van der Waals surface area contributed by atoms with Gasteiger partial charge in [0.1, 0.15) is 5.82 Å². The van der Waals surface area contributed by atoms with E-state index in [9.17, 15) is 0 Å². The lowest BCUT2D eigenvalue weighted by Crippen LogP contribution is -2.37. The Balaban J connectivity index is 1.82. The first-order chi connectivity index (χ1) is 9.31. The van der Waals surface area contributed by atoms with E-state index >= 15 is 0 Å². The summed E-state index contributed by atoms with van der Waals surface area (Å²) in [6, 6.07) is 0. The van der Waals surface area contributed by atoms with Crippen molar-refractivity contribution in [2.75, 3.05) is 42.3 Å². The van der Waals surface area contributed by atoms with Crippen LogP contribution >= 0.6 is 0 Å². The first-order valence-corrected chi connectivity index (χ1v) is 5.91. The monoisotopic (exact) mass is 262 g/mol. The molecular weight excluding hydrogens is 248 g/mol. The van der Waals surface area contributed by atoms with E-state index in [1.165, 1.54) is 0 Å². The molecule has 100 valence electrons. The molecule has 3 heterocycles. The number of H-pyrrole nitrogens is 1. The van der Waals surface area contributed by atoms with Crippen LogP contribution in [0.4, 0.5) is 23.7 Å². The molecule has 0 saturated carbocycles. The fourth-order valence-corrected chi connectivity index (χ4v) is 1.79. The van der Waals surface area contributed by atoms with Gasteiger partial charge in [0, 0.05) is 13.1 Å². The van der Waals surface area contributed by atoms with Crippen LogP contribution in [0.25, 0.3) is 0 Å². The molecule has 1 saturated heterocycles. The predicted octanol–water partition coefficient (Wildman–Crippen LogP) is -0.243. The molecule has 2 aromatic heterocycles. The van der Waals surface area contributed by atoms with Crippen LogP contribution in [-0.2, 0) is 4.74 Å². The van der Waals surface area contributed by atoms with Crippen molar-refractivity contribution in [3.63, 3.8) is 0 Å². The van der Waals surface area contributed by atoms with E-state index < -0.39 is 0 Å². The fraction of sp³-hybridized carbons (Fsp3) is 0.400. The Morgan fingerprint density at radius 2 is 2.11 bits per heavy atom. The minimum absolute atomic E-state index is 0.179. The highest BCUT2D eigenvalue weighted by atomic mass is 16.5. The molecule has 0 atom stereocenters. The third kappa shape index (κ3) is 2.71. The maximum Gasteiger partial charge on any atom is 0.234 e. The van der Waals surface area contributed by atoms with Crippen molar-refractivity contribution >= 4 is 23.7 Å². The van der Waals surface area contributed by atoms with E-state index in [1.807, 2.05) is 4.90 Å². The molecule has 1 fully saturated rings. The van der Waals surface area contributed by atoms with Crippen LogP contribution in [0.15, 0.2) is 12.5 Å². The van der Waals surface area contributed by atoms with Crippen LogP contribution in [0.1, 0.15) is 0 Å². The van der Waals surface area contributed by atoms with Gasteiger partial charge in [0.25, 0.3) is 0 Å². The molecule has 9 nitrogen and oxygen atoms in total. The molecule has 0 amide bonds. The van der Waals surface area contributed by atoms with E-state index in [0.717, 1.165) is 13.1 Å². The zero-order chi connectivity index (χ0) is 13.1. The summed E-state index contributed by atoms with van der Waals surface area (Å²) < 4.78 is 5.29. The summed E-state index contributed by atoms with van der Waals surface area (Å²) in [5.41, 5.74) is 5.71. The number of aromatic nitrogens is 5. The zero-order valence-electron chi connectivity index (χ0n) is 10.2. The molecule has 0 radical (unpaired) electrons. The molecule has 0 unspecified atom stereocenters. The maximum atomic E-state index is 5.71. The highest BCUT2D eigenvalue weighted by molar-refractivity contribution is 5.50. The molecule has 0 bridgehead atoms. The van der Waals surface area contributed by atoms with Crippen molar-refractivity contribution in [3.8, 4) is 0 Å². The largest absolute Gasteiger partial charge is 0.378 e. The van der Waals surface area contributed by atoms with Gasteiger partial charge in [-0.3, -0.25) is 0 Å². The number of anilines is 4. The number of aromatic amines is 1. The standard InChI is InChI=1S/C10H14N8O/c11-8-15-9(14-7-5-12-6-13-7)17-10(16-8)18-1-3-19-4-2-18/h5-6H,1-4H2,(H,12,13)(H3,11,14,15,16,17). The average Bonchev–Trinajstić information content (AvgIpc) is 2.92. The molecular formula is C10H14N8O. The number of morpholine rings is 1. The van der Waals surface area contributed by atoms with Gasteiger partial charge in [0.15, 0.2) is 0 Å². The van der Waals surface area contributed by atoms with Crippen molar-refractivity contribution in [2.24, 2.45) is 0 Å². The van der Waals surface area contributed by atoms with Gasteiger partial charge < -0.3 is 25.7 Å². The van der Waals surface area contributed by atoms with Crippen molar-refractivity contribution in [1.82, 2.24) is 24.9 Å². The second kappa shape index (κ2) is 5.06. The lowest BCUT2D eigenvalue weighted by atomic mass is 10.4. The average molecular weight is 262 g/mol. The Bertz CT molecular complexity index is 536. The second-order valence-corrected chi connectivity index (χ2v) is 4.01. The zero-order valence-corrected chi connectivity index (χ0v) is 10.2. The molecule has 1 aliphatic rings. The quantitative estimate of drug-likeness (QED) is 0.693. The predicted molar refractivity (Wildman–Crippen MR) is 69.1 cm³/mol. The first-order valence-electron chi connectivity index (χ1n) is 5.91. The summed E-state index contributed by atoms with van der Waals surface area (Å²) in [7, 11) is 0. The Hall–Kier alpha value is -2.42. The summed E-state index contributed by atoms with van der Waals surface area (Å²) in [5, 5.41) is 2.99. The van der Waals surface area contributed by atoms with Crippen molar-refractivity contribution in [3.05, 3.63) is 12.5 Å². The van der Waals surface area contributed by atoms with Gasteiger partial charge in [-0.25, -0.2) is 4.98 Å². The number of ether oxygens (including phenoxy) is 1. The van der Waals surface area contributed by atoms with Gasteiger partial charge in [0.05, 0.1) is 25.7 Å². The number of nitrogens with one attached hydrogen (secondary N) is 2. The molecule has 3 rings (SSSR count). The first kappa shape index (κ1) is 11.7. The van der Waals surface area contributed by atoms with Gasteiger partial charge >= 0.3 is 0 Å². The van der Waals surface area contributed by atoms with Crippen LogP contribution in [0, 0.1) is 0 Å². The van der Waals surface area contributed by atoms with Crippen LogP contribution in [-0.4, -0.2) is 51.2 Å². The number of nitrogens with two attached hydrogens (primary N) is 1. The molecule has 0 spiro atoms. The van der Waals surface area contributed by atoms with Gasteiger partial charge in [-0.15, -0.1) is 0 Å². The molecule has 19 heavy (non-hydrogen) atoms. The molecule has 0 aliphatic carbocycles. The maximum absolute atomic E-state index is 5.71. The second-order valence-electron chi connectivity index (χ2n) is 4.01. The van der Waals surface area contributed by atoms with Crippen LogP contribution in [0.3, 0.4) is 0 Å². The highest BCUT2D eigenvalue weighted by Crippen LogP contribution is 2.15. The van der Waals surface area contributed by atoms with Crippen LogP contribution < -0.4 is 16.0 Å². The third-order valence-electron chi connectivity index (χ3n) is 2.68. The van der Waals surface area contributed by atoms with E-state index in [0.29, 0.717) is 30.9 Å². The molecule has 9 heteroatoms. The highest BCUT2D eigenvalue weighted by Gasteiger charge is 2.15. The van der Waals surface area contributed by atoms with E-state index in [4.69, 9.17) is 10.5 Å². The number of hydrogen-bond donors (Lipinski definition) is 3. The topological polar surface area (TPSA) is 118 Å². The van der Waals surface area contributed by atoms with Crippen molar-refractivity contribution in [2.45, 2.75) is 0 Å². The SMILES string of the molecule is Nc1nc(Nc2cnc[nH]2)nc(N2CCOCC2)n1. The van der Waals surface area contributed by atoms with Gasteiger partial charge in [-0.2, -0.15) is 15.0 Å². The Kier molecular flexibility index (Phi) is 3.11. The Morgan fingerprint density at radius 1 is 1.26 bits per heavy atom. The van der Waals surface area contributed by atoms with Gasteiger partial charge in [0.2, 0.25) is 17.8 Å². The summed E-state index contributed by atoms with van der Waals surface area (Å²) in [5.74, 6) is 1.81. The normalized spacial score (nSPS) is 15.5. The fourth-order valence-electron chi connectivity index (χ4n) is 1.79. The van der Waals surface area contributed by atoms with Gasteiger partial charge in [-0.1, -0.05) is 0 Å². The Labute approximate surface area is 109 Å². The Morgan fingerprint density at radius 3 is 2.84 bits per heavy atom. The molecule has 0 aromatic carbocycles. The minimum atomic E-state index is 0.179. The third-order valence-corrected chi connectivity index (χ3v) is 2.68. The molecule has 1 aliphatic heterocycles. The number of rotatable bonds is 3. The summed E-state index contributed by atoms with van der Waals surface area (Å²) in [6.07, 6.45) is 3.20. The van der Waals surface area contributed by atoms with E-state index in [-0.39, 0.29) is 5.95 Å². The smallest absolute Gasteiger partial charge is 0.234 e. The summed E-state index contributed by atoms with van der Waals surface area (Å²) >= 11 is 0. The van der Waals surface area contributed by atoms with E-state index in [1.54, 1.807) is 12.5 Å².